The number of aliphatic hydroxyl groups excluding tert-OH is 1. The monoisotopic (exact) mass is 247 g/mol. The van der Waals surface area contributed by atoms with Gasteiger partial charge >= 0.3 is 0 Å². The van der Waals surface area contributed by atoms with Crippen LogP contribution in [0.25, 0.3) is 0 Å². The minimum Gasteiger partial charge on any atom is -0.396 e. The molecular weight excluding hydrogens is 237 g/mol. The molecule has 0 bridgehead atoms. The van der Waals surface area contributed by atoms with Crippen LogP contribution in [-0.2, 0) is 0 Å². The van der Waals surface area contributed by atoms with Crippen LogP contribution in [0, 0.1) is 5.82 Å². The quantitative estimate of drug-likeness (QED) is 0.858. The van der Waals surface area contributed by atoms with Gasteiger partial charge in [-0.15, -0.1) is 0 Å². The first kappa shape index (κ1) is 10.6. The number of benzene rings is 1. The Hall–Kier alpha value is -0.450. The summed E-state index contributed by atoms with van der Waals surface area (Å²) in [7, 11) is 0. The molecule has 72 valence electrons. The zero-order valence-corrected chi connectivity index (χ0v) is 8.59. The van der Waals surface area contributed by atoms with Crippen molar-refractivity contribution in [2.75, 3.05) is 6.61 Å². The van der Waals surface area contributed by atoms with Crippen LogP contribution < -0.4 is 5.73 Å². The average molecular weight is 248 g/mol. The molecule has 1 aromatic rings. The van der Waals surface area contributed by atoms with Crippen molar-refractivity contribution in [1.82, 2.24) is 0 Å². The Kier molecular flexibility index (Phi) is 3.84. The van der Waals surface area contributed by atoms with E-state index in [2.05, 4.69) is 15.9 Å². The highest BCUT2D eigenvalue weighted by atomic mass is 79.9. The number of rotatable bonds is 3. The van der Waals surface area contributed by atoms with Gasteiger partial charge in [-0.2, -0.15) is 0 Å². The second-order valence-corrected chi connectivity index (χ2v) is 3.70. The summed E-state index contributed by atoms with van der Waals surface area (Å²) in [5.74, 6) is -0.329. The van der Waals surface area contributed by atoms with Gasteiger partial charge in [0.05, 0.1) is 0 Å². The topological polar surface area (TPSA) is 46.2 Å². The summed E-state index contributed by atoms with van der Waals surface area (Å²) in [6.07, 6.45) is 0.368. The zero-order valence-electron chi connectivity index (χ0n) is 7.00. The molecule has 0 aromatic heterocycles. The summed E-state index contributed by atoms with van der Waals surface area (Å²) < 4.78 is 14.0. The summed E-state index contributed by atoms with van der Waals surface area (Å²) in [4.78, 5) is 0. The van der Waals surface area contributed by atoms with E-state index in [0.29, 0.717) is 12.0 Å². The summed E-state index contributed by atoms with van der Waals surface area (Å²) in [5, 5.41) is 8.64. The smallest absolute Gasteiger partial charge is 0.128 e. The van der Waals surface area contributed by atoms with Crippen LogP contribution in [0.4, 0.5) is 4.39 Å². The van der Waals surface area contributed by atoms with E-state index in [0.717, 1.165) is 4.47 Å². The third-order valence-corrected chi connectivity index (χ3v) is 2.29. The minimum atomic E-state index is -0.442. The minimum absolute atomic E-state index is 0.0346. The van der Waals surface area contributed by atoms with Gasteiger partial charge in [0.1, 0.15) is 5.82 Å². The number of halogens is 2. The van der Waals surface area contributed by atoms with Crippen molar-refractivity contribution in [3.8, 4) is 0 Å². The van der Waals surface area contributed by atoms with Gasteiger partial charge in [-0.1, -0.05) is 15.9 Å². The SMILES string of the molecule is N[C@H](CCO)c1cc(Br)ccc1F. The zero-order chi connectivity index (χ0) is 9.84. The fourth-order valence-corrected chi connectivity index (χ4v) is 1.47. The van der Waals surface area contributed by atoms with Crippen LogP contribution in [0.15, 0.2) is 22.7 Å². The molecule has 0 radical (unpaired) electrons. The lowest BCUT2D eigenvalue weighted by Gasteiger charge is -2.11. The summed E-state index contributed by atoms with van der Waals surface area (Å²) in [6, 6.07) is 4.17. The maximum atomic E-state index is 13.2. The van der Waals surface area contributed by atoms with E-state index in [1.54, 1.807) is 12.1 Å². The van der Waals surface area contributed by atoms with Crippen LogP contribution in [0.2, 0.25) is 0 Å². The molecule has 0 amide bonds. The first-order valence-corrected chi connectivity index (χ1v) is 4.76. The average Bonchev–Trinajstić information content (AvgIpc) is 2.09. The summed E-state index contributed by atoms with van der Waals surface area (Å²) in [6.45, 7) is -0.0346. The Morgan fingerprint density at radius 3 is 2.85 bits per heavy atom. The Bertz CT molecular complexity index is 293. The van der Waals surface area contributed by atoms with Gasteiger partial charge in [-0.3, -0.25) is 0 Å². The predicted octanol–water partition coefficient (Wildman–Crippen LogP) is 1.97. The molecule has 0 aliphatic heterocycles. The van der Waals surface area contributed by atoms with Crippen LogP contribution >= 0.6 is 15.9 Å². The maximum absolute atomic E-state index is 13.2. The molecule has 0 fully saturated rings. The molecule has 1 atom stereocenters. The van der Waals surface area contributed by atoms with E-state index in [9.17, 15) is 4.39 Å². The molecule has 2 nitrogen and oxygen atoms in total. The van der Waals surface area contributed by atoms with E-state index in [-0.39, 0.29) is 12.4 Å². The lowest BCUT2D eigenvalue weighted by molar-refractivity contribution is 0.275. The summed E-state index contributed by atoms with van der Waals surface area (Å²) in [5.41, 5.74) is 6.09. The Morgan fingerprint density at radius 2 is 2.23 bits per heavy atom. The van der Waals surface area contributed by atoms with Crippen molar-refractivity contribution in [3.63, 3.8) is 0 Å². The normalized spacial score (nSPS) is 12.9. The van der Waals surface area contributed by atoms with Crippen LogP contribution in [0.5, 0.6) is 0 Å². The van der Waals surface area contributed by atoms with Gasteiger partial charge in [0.25, 0.3) is 0 Å². The van der Waals surface area contributed by atoms with Crippen LogP contribution in [-0.4, -0.2) is 11.7 Å². The van der Waals surface area contributed by atoms with E-state index >= 15 is 0 Å². The Morgan fingerprint density at radius 1 is 1.54 bits per heavy atom. The maximum Gasteiger partial charge on any atom is 0.128 e. The molecule has 13 heavy (non-hydrogen) atoms. The highest BCUT2D eigenvalue weighted by Crippen LogP contribution is 2.21. The molecule has 1 aromatic carbocycles. The molecular formula is C9H11BrFNO. The summed E-state index contributed by atoms with van der Waals surface area (Å²) >= 11 is 3.23. The molecule has 0 aliphatic carbocycles. The largest absolute Gasteiger partial charge is 0.396 e. The second-order valence-electron chi connectivity index (χ2n) is 2.78. The lowest BCUT2D eigenvalue weighted by Crippen LogP contribution is -2.13. The molecule has 1 rings (SSSR count). The van der Waals surface area contributed by atoms with Gasteiger partial charge in [-0.25, -0.2) is 4.39 Å². The third-order valence-electron chi connectivity index (χ3n) is 1.80. The fourth-order valence-electron chi connectivity index (χ4n) is 1.09. The number of aliphatic hydroxyl groups is 1. The van der Waals surface area contributed by atoms with Crippen LogP contribution in [0.1, 0.15) is 18.0 Å². The number of nitrogens with two attached hydrogens (primary N) is 1. The Balaban J connectivity index is 2.91. The Labute approximate surface area is 84.7 Å². The molecule has 0 heterocycles. The molecule has 3 N–H and O–H groups in total. The van der Waals surface area contributed by atoms with E-state index in [1.807, 2.05) is 0 Å². The van der Waals surface area contributed by atoms with Crippen molar-refractivity contribution >= 4 is 15.9 Å². The van der Waals surface area contributed by atoms with Crippen molar-refractivity contribution < 1.29 is 9.50 Å². The first-order chi connectivity index (χ1) is 6.15. The standard InChI is InChI=1S/C9H11BrFNO/c10-6-1-2-8(11)7(5-6)9(12)3-4-13/h1-2,5,9,13H,3-4,12H2/t9-/m1/s1. The van der Waals surface area contributed by atoms with Crippen molar-refractivity contribution in [2.45, 2.75) is 12.5 Å². The van der Waals surface area contributed by atoms with Gasteiger partial charge < -0.3 is 10.8 Å². The first-order valence-electron chi connectivity index (χ1n) is 3.96. The van der Waals surface area contributed by atoms with Crippen LogP contribution in [0.3, 0.4) is 0 Å². The second kappa shape index (κ2) is 4.69. The van der Waals surface area contributed by atoms with Crippen molar-refractivity contribution in [2.24, 2.45) is 5.73 Å². The molecule has 0 aliphatic rings. The third kappa shape index (κ3) is 2.76. The van der Waals surface area contributed by atoms with Gasteiger partial charge in [0, 0.05) is 22.7 Å². The highest BCUT2D eigenvalue weighted by molar-refractivity contribution is 9.10. The van der Waals surface area contributed by atoms with E-state index in [1.165, 1.54) is 6.07 Å². The van der Waals surface area contributed by atoms with E-state index < -0.39 is 6.04 Å². The molecule has 0 saturated carbocycles. The van der Waals surface area contributed by atoms with Crippen molar-refractivity contribution in [3.05, 3.63) is 34.1 Å². The number of hydrogen-bond donors (Lipinski definition) is 2. The van der Waals surface area contributed by atoms with Gasteiger partial charge in [-0.05, 0) is 24.6 Å². The van der Waals surface area contributed by atoms with E-state index in [4.69, 9.17) is 10.8 Å². The van der Waals surface area contributed by atoms with Crippen molar-refractivity contribution in [1.29, 1.82) is 0 Å². The molecule has 0 saturated heterocycles. The van der Waals surface area contributed by atoms with Gasteiger partial charge in [0.2, 0.25) is 0 Å². The molecule has 4 heteroatoms. The highest BCUT2D eigenvalue weighted by Gasteiger charge is 2.10. The predicted molar refractivity (Wildman–Crippen MR) is 52.7 cm³/mol. The molecule has 0 spiro atoms. The fraction of sp³-hybridized carbons (Fsp3) is 0.333. The lowest BCUT2D eigenvalue weighted by atomic mass is 10.0. The molecule has 0 unspecified atom stereocenters. The van der Waals surface area contributed by atoms with Gasteiger partial charge in [0.15, 0.2) is 0 Å². The number of hydrogen-bond acceptors (Lipinski definition) is 2.